The number of amides is 1. The summed E-state index contributed by atoms with van der Waals surface area (Å²) in [7, 11) is 0. The second-order valence-electron chi connectivity index (χ2n) is 8.37. The molecule has 158 valence electrons. The monoisotopic (exact) mass is 400 g/mol. The molecule has 28 heavy (non-hydrogen) atoms. The number of hydrogen-bond donors (Lipinski definition) is 2. The second kappa shape index (κ2) is 8.33. The Morgan fingerprint density at radius 1 is 1.11 bits per heavy atom. The molecule has 1 aliphatic heterocycles. The third-order valence-corrected chi connectivity index (χ3v) is 5.01. The minimum absolute atomic E-state index is 0.0393. The first kappa shape index (κ1) is 22.6. The molecule has 0 spiro atoms. The number of halogens is 3. The fraction of sp³-hybridized carbons (Fsp3) is 0.632. The van der Waals surface area contributed by atoms with Gasteiger partial charge in [-0.05, 0) is 52.7 Å². The van der Waals surface area contributed by atoms with Crippen LogP contribution in [-0.2, 0) is 11.3 Å². The Bertz CT molecular complexity index is 740. The molecule has 0 saturated carbocycles. The van der Waals surface area contributed by atoms with Gasteiger partial charge in [0.1, 0.15) is 5.60 Å². The van der Waals surface area contributed by atoms with Gasteiger partial charge in [-0.1, -0.05) is 11.1 Å². The fourth-order valence-electron chi connectivity index (χ4n) is 3.71. The van der Waals surface area contributed by atoms with Crippen LogP contribution in [0.5, 0.6) is 0 Å². The highest BCUT2D eigenvalue weighted by atomic mass is 19.4. The van der Waals surface area contributed by atoms with E-state index in [9.17, 15) is 17.7 Å². The first-order valence-corrected chi connectivity index (χ1v) is 9.57. The van der Waals surface area contributed by atoms with E-state index in [4.69, 9.17) is 4.74 Å². The average Bonchev–Trinajstić information content (AvgIpc) is 2.53. The van der Waals surface area contributed by atoms with Gasteiger partial charge in [-0.15, -0.1) is 5.46 Å². The first-order chi connectivity index (χ1) is 12.8. The standard InChI is InChI=1S/C19H30BF3N3O2/c1-12-15(11-26-9-7-24-8-10-26)13(2)17(14(3)16(12)20(21,22)23)25-18(27)28-19(4,5)6/h24H,7-11H2,1-6H3,(H,25,27)/q-1. The van der Waals surface area contributed by atoms with E-state index in [1.54, 1.807) is 27.7 Å². The van der Waals surface area contributed by atoms with Gasteiger partial charge in [-0.3, -0.25) is 10.2 Å². The molecule has 0 bridgehead atoms. The van der Waals surface area contributed by atoms with Crippen LogP contribution in [0.3, 0.4) is 0 Å². The van der Waals surface area contributed by atoms with Crippen molar-refractivity contribution in [2.45, 2.75) is 53.7 Å². The molecule has 9 heteroatoms. The Balaban J connectivity index is 2.50. The van der Waals surface area contributed by atoms with E-state index >= 15 is 0 Å². The zero-order valence-electron chi connectivity index (χ0n) is 17.5. The largest absolute Gasteiger partial charge is 0.510 e. The van der Waals surface area contributed by atoms with Crippen LogP contribution in [0.2, 0.25) is 0 Å². The van der Waals surface area contributed by atoms with E-state index in [1.807, 2.05) is 0 Å². The minimum atomic E-state index is -5.22. The van der Waals surface area contributed by atoms with E-state index in [-0.39, 0.29) is 16.8 Å². The van der Waals surface area contributed by atoms with Crippen molar-refractivity contribution in [3.8, 4) is 0 Å². The molecule has 0 aliphatic carbocycles. The molecule has 0 unspecified atom stereocenters. The summed E-state index contributed by atoms with van der Waals surface area (Å²) in [5.41, 5.74) is 0.391. The Morgan fingerprint density at radius 2 is 1.68 bits per heavy atom. The first-order valence-electron chi connectivity index (χ1n) is 9.57. The SMILES string of the molecule is Cc1c(CN2CCNCC2)c(C)c([B-](F)(F)F)c(C)c1NC(=O)OC(C)(C)C. The fourth-order valence-corrected chi connectivity index (χ4v) is 3.71. The van der Waals surface area contributed by atoms with Gasteiger partial charge >= 0.3 is 13.1 Å². The normalized spacial score (nSPS) is 16.2. The molecule has 1 fully saturated rings. The Hall–Kier alpha value is -1.74. The number of anilines is 1. The van der Waals surface area contributed by atoms with Crippen molar-refractivity contribution in [1.82, 2.24) is 10.2 Å². The number of ether oxygens (including phenoxy) is 1. The van der Waals surface area contributed by atoms with Crippen molar-refractivity contribution in [2.24, 2.45) is 0 Å². The third-order valence-electron chi connectivity index (χ3n) is 5.01. The number of nitrogens with zero attached hydrogens (tertiary/aromatic N) is 1. The summed E-state index contributed by atoms with van der Waals surface area (Å²) < 4.78 is 46.9. The van der Waals surface area contributed by atoms with Gasteiger partial charge in [-0.2, -0.15) is 0 Å². The molecule has 1 aliphatic rings. The molecule has 2 N–H and O–H groups in total. The van der Waals surface area contributed by atoms with Crippen LogP contribution < -0.4 is 16.1 Å². The van der Waals surface area contributed by atoms with Gasteiger partial charge in [0, 0.05) is 38.4 Å². The van der Waals surface area contributed by atoms with E-state index in [0.717, 1.165) is 26.2 Å². The summed E-state index contributed by atoms with van der Waals surface area (Å²) in [6.45, 7) is 8.18. The maximum Gasteiger partial charge on any atom is 0.510 e. The number of piperazine rings is 1. The summed E-state index contributed by atoms with van der Waals surface area (Å²) in [4.78, 5) is 14.4. The molecule has 1 amide bonds. The molecule has 5 nitrogen and oxygen atoms in total. The summed E-state index contributed by atoms with van der Waals surface area (Å²) in [5, 5.41) is 5.81. The van der Waals surface area contributed by atoms with E-state index < -0.39 is 24.1 Å². The number of carbonyl (C=O) groups excluding carboxylic acids is 1. The summed E-state index contributed by atoms with van der Waals surface area (Å²) in [6.07, 6.45) is -0.753. The molecular weight excluding hydrogens is 370 g/mol. The maximum absolute atomic E-state index is 13.9. The molecule has 0 radical (unpaired) electrons. The van der Waals surface area contributed by atoms with Crippen LogP contribution in [-0.4, -0.2) is 49.8 Å². The molecule has 1 aromatic rings. The number of benzene rings is 1. The van der Waals surface area contributed by atoms with Crippen LogP contribution in [0.1, 0.15) is 43.0 Å². The summed E-state index contributed by atoms with van der Waals surface area (Å²) in [6, 6.07) is 0. The topological polar surface area (TPSA) is 53.6 Å². The van der Waals surface area contributed by atoms with Crippen molar-refractivity contribution < 1.29 is 22.5 Å². The average molecular weight is 400 g/mol. The maximum atomic E-state index is 13.9. The van der Waals surface area contributed by atoms with Crippen molar-refractivity contribution in [3.05, 3.63) is 22.3 Å². The molecule has 1 saturated heterocycles. The number of hydrogen-bond acceptors (Lipinski definition) is 4. The number of rotatable bonds is 4. The quantitative estimate of drug-likeness (QED) is 0.761. The van der Waals surface area contributed by atoms with Crippen molar-refractivity contribution in [1.29, 1.82) is 0 Å². The third kappa shape index (κ3) is 5.41. The molecule has 0 atom stereocenters. The van der Waals surface area contributed by atoms with Crippen molar-refractivity contribution in [3.63, 3.8) is 0 Å². The van der Waals surface area contributed by atoms with Crippen molar-refractivity contribution in [2.75, 3.05) is 31.5 Å². The zero-order chi connectivity index (χ0) is 21.3. The highest BCUT2D eigenvalue weighted by molar-refractivity contribution is 6.74. The number of nitrogens with one attached hydrogen (secondary N) is 2. The van der Waals surface area contributed by atoms with Crippen LogP contribution >= 0.6 is 0 Å². The highest BCUT2D eigenvalue weighted by Crippen LogP contribution is 2.30. The van der Waals surface area contributed by atoms with E-state index in [1.165, 1.54) is 13.8 Å². The lowest BCUT2D eigenvalue weighted by atomic mass is 9.71. The van der Waals surface area contributed by atoms with Crippen LogP contribution in [0.25, 0.3) is 0 Å². The lowest BCUT2D eigenvalue weighted by Gasteiger charge is -2.32. The van der Waals surface area contributed by atoms with Gasteiger partial charge in [0.25, 0.3) is 0 Å². The molecular formula is C19H30BF3N3O2-. The molecule has 0 aromatic heterocycles. The lowest BCUT2D eigenvalue weighted by molar-refractivity contribution is 0.0635. The summed E-state index contributed by atoms with van der Waals surface area (Å²) >= 11 is 0. The summed E-state index contributed by atoms with van der Waals surface area (Å²) in [5.74, 6) is 0. The predicted octanol–water partition coefficient (Wildman–Crippen LogP) is 3.42. The van der Waals surface area contributed by atoms with Crippen LogP contribution in [0, 0.1) is 20.8 Å². The number of carbonyl (C=O) groups is 1. The Labute approximate surface area is 165 Å². The van der Waals surface area contributed by atoms with Crippen LogP contribution in [0.15, 0.2) is 0 Å². The Kier molecular flexibility index (Phi) is 6.71. The Morgan fingerprint density at radius 3 is 2.18 bits per heavy atom. The minimum Gasteiger partial charge on any atom is -0.445 e. The van der Waals surface area contributed by atoms with Gasteiger partial charge in [-0.25, -0.2) is 4.79 Å². The predicted molar refractivity (Wildman–Crippen MR) is 107 cm³/mol. The second-order valence-corrected chi connectivity index (χ2v) is 8.37. The van der Waals surface area contributed by atoms with Gasteiger partial charge in [0.2, 0.25) is 0 Å². The molecule has 2 rings (SSSR count). The van der Waals surface area contributed by atoms with Gasteiger partial charge < -0.3 is 23.0 Å². The van der Waals surface area contributed by atoms with Crippen LogP contribution in [0.4, 0.5) is 23.4 Å². The van der Waals surface area contributed by atoms with Gasteiger partial charge in [0.05, 0.1) is 0 Å². The highest BCUT2D eigenvalue weighted by Gasteiger charge is 2.33. The smallest absolute Gasteiger partial charge is 0.445 e. The lowest BCUT2D eigenvalue weighted by Crippen LogP contribution is -2.44. The molecule has 1 aromatic carbocycles. The van der Waals surface area contributed by atoms with Crippen molar-refractivity contribution >= 4 is 24.2 Å². The molecule has 1 heterocycles. The van der Waals surface area contributed by atoms with Gasteiger partial charge in [0.15, 0.2) is 0 Å². The van der Waals surface area contributed by atoms with E-state index in [0.29, 0.717) is 17.7 Å². The van der Waals surface area contributed by atoms with E-state index in [2.05, 4.69) is 15.5 Å². The zero-order valence-corrected chi connectivity index (χ0v) is 17.5.